The zero-order chi connectivity index (χ0) is 9.40. The Hall–Kier alpha value is -0.160. The molecule has 0 heterocycles. The van der Waals surface area contributed by atoms with E-state index in [1.54, 1.807) is 0 Å². The van der Waals surface area contributed by atoms with E-state index in [2.05, 4.69) is 0 Å². The lowest BCUT2D eigenvalue weighted by molar-refractivity contribution is -0.162. The summed E-state index contributed by atoms with van der Waals surface area (Å²) in [5, 5.41) is 0. The zero-order valence-electron chi connectivity index (χ0n) is 7.95. The fraction of sp³-hybridized carbons (Fsp3) is 1.00. The first-order valence-corrected chi connectivity index (χ1v) is 4.35. The normalized spacial score (nSPS) is 11.5. The second-order valence-electron chi connectivity index (χ2n) is 2.93. The van der Waals surface area contributed by atoms with Crippen molar-refractivity contribution in [3.8, 4) is 0 Å². The molecule has 12 heavy (non-hydrogen) atoms. The quantitative estimate of drug-likeness (QED) is 0.532. The molecular formula is C8H20N2O2. The Balaban J connectivity index is 3.55. The molecule has 0 fully saturated rings. The maximum absolute atomic E-state index is 5.35. The minimum Gasteiger partial charge on any atom is -0.351 e. The Morgan fingerprint density at radius 3 is 1.67 bits per heavy atom. The molecule has 0 aliphatic carbocycles. The highest BCUT2D eigenvalue weighted by Gasteiger charge is 2.12. The van der Waals surface area contributed by atoms with Crippen molar-refractivity contribution in [3.05, 3.63) is 0 Å². The predicted octanol–water partition coefficient (Wildman–Crippen LogP) is -0.0809. The molecule has 4 nitrogen and oxygen atoms in total. The molecule has 0 aromatic rings. The zero-order valence-corrected chi connectivity index (χ0v) is 7.95. The van der Waals surface area contributed by atoms with E-state index in [-0.39, 0.29) is 6.29 Å². The molecule has 0 aromatic heterocycles. The van der Waals surface area contributed by atoms with Gasteiger partial charge in [-0.05, 0) is 0 Å². The lowest BCUT2D eigenvalue weighted by Gasteiger charge is -2.21. The Morgan fingerprint density at radius 2 is 1.42 bits per heavy atom. The molecule has 0 bridgehead atoms. The summed E-state index contributed by atoms with van der Waals surface area (Å²) in [5.74, 6) is 0.336. The highest BCUT2D eigenvalue weighted by Crippen LogP contribution is 2.07. The molecule has 0 saturated carbocycles. The van der Waals surface area contributed by atoms with Gasteiger partial charge in [0.15, 0.2) is 6.29 Å². The summed E-state index contributed by atoms with van der Waals surface area (Å²) in [4.78, 5) is 0. The van der Waals surface area contributed by atoms with Crippen molar-refractivity contribution in [1.82, 2.24) is 0 Å². The first-order valence-electron chi connectivity index (χ1n) is 4.35. The van der Waals surface area contributed by atoms with Crippen LogP contribution in [0.25, 0.3) is 0 Å². The maximum Gasteiger partial charge on any atom is 0.159 e. The third-order valence-corrected chi connectivity index (χ3v) is 1.34. The van der Waals surface area contributed by atoms with E-state index in [1.165, 1.54) is 0 Å². The fourth-order valence-electron chi connectivity index (χ4n) is 0.801. The summed E-state index contributed by atoms with van der Waals surface area (Å²) in [6, 6.07) is 0. The molecule has 4 N–H and O–H groups in total. The van der Waals surface area contributed by atoms with Crippen molar-refractivity contribution >= 4 is 0 Å². The van der Waals surface area contributed by atoms with E-state index >= 15 is 0 Å². The van der Waals surface area contributed by atoms with Crippen molar-refractivity contribution < 1.29 is 9.47 Å². The predicted molar refractivity (Wildman–Crippen MR) is 48.6 cm³/mol. The first kappa shape index (κ1) is 11.8. The molecule has 0 radical (unpaired) electrons. The van der Waals surface area contributed by atoms with Crippen molar-refractivity contribution in [2.45, 2.75) is 20.1 Å². The number of nitrogens with two attached hydrogens (primary N) is 2. The summed E-state index contributed by atoms with van der Waals surface area (Å²) in [7, 11) is 0. The van der Waals surface area contributed by atoms with Gasteiger partial charge >= 0.3 is 0 Å². The van der Waals surface area contributed by atoms with Gasteiger partial charge in [-0.3, -0.25) is 0 Å². The molecule has 0 aromatic carbocycles. The van der Waals surface area contributed by atoms with E-state index in [9.17, 15) is 0 Å². The Morgan fingerprint density at radius 1 is 1.00 bits per heavy atom. The van der Waals surface area contributed by atoms with Gasteiger partial charge in [0.25, 0.3) is 0 Å². The number of hydrogen-bond donors (Lipinski definition) is 2. The lowest BCUT2D eigenvalue weighted by Crippen LogP contribution is -2.28. The third kappa shape index (κ3) is 5.49. The Bertz CT molecular complexity index is 91.1. The van der Waals surface area contributed by atoms with Crippen LogP contribution in [0, 0.1) is 5.92 Å². The van der Waals surface area contributed by atoms with Crippen molar-refractivity contribution in [2.75, 3.05) is 26.3 Å². The van der Waals surface area contributed by atoms with Crippen LogP contribution in [0.1, 0.15) is 13.8 Å². The Labute approximate surface area is 74.2 Å². The van der Waals surface area contributed by atoms with Gasteiger partial charge in [-0.1, -0.05) is 13.8 Å². The van der Waals surface area contributed by atoms with Gasteiger partial charge in [-0.15, -0.1) is 0 Å². The summed E-state index contributed by atoms with van der Waals surface area (Å²) >= 11 is 0. The molecule has 0 saturated heterocycles. The number of hydrogen-bond acceptors (Lipinski definition) is 4. The number of ether oxygens (including phenoxy) is 2. The van der Waals surface area contributed by atoms with Crippen molar-refractivity contribution in [3.63, 3.8) is 0 Å². The molecule has 0 spiro atoms. The van der Waals surface area contributed by atoms with Gasteiger partial charge in [-0.25, -0.2) is 0 Å². The minimum absolute atomic E-state index is 0.169. The summed E-state index contributed by atoms with van der Waals surface area (Å²) in [5.41, 5.74) is 10.6. The van der Waals surface area contributed by atoms with Gasteiger partial charge < -0.3 is 20.9 Å². The minimum atomic E-state index is -0.169. The van der Waals surface area contributed by atoms with Gasteiger partial charge in [-0.2, -0.15) is 0 Å². The molecule has 0 aliphatic heterocycles. The van der Waals surface area contributed by atoms with E-state index in [4.69, 9.17) is 20.9 Å². The molecular weight excluding hydrogens is 156 g/mol. The largest absolute Gasteiger partial charge is 0.351 e. The van der Waals surface area contributed by atoms with Crippen LogP contribution in [-0.2, 0) is 9.47 Å². The number of rotatable bonds is 7. The average molecular weight is 176 g/mol. The molecule has 0 unspecified atom stereocenters. The van der Waals surface area contributed by atoms with E-state index in [0.717, 1.165) is 0 Å². The van der Waals surface area contributed by atoms with Crippen LogP contribution in [0.4, 0.5) is 0 Å². The van der Waals surface area contributed by atoms with Gasteiger partial charge in [0.2, 0.25) is 0 Å². The van der Waals surface area contributed by atoms with E-state index in [0.29, 0.717) is 32.2 Å². The van der Waals surface area contributed by atoms with Gasteiger partial charge in [0.1, 0.15) is 0 Å². The van der Waals surface area contributed by atoms with E-state index in [1.807, 2.05) is 13.8 Å². The molecule has 0 amide bonds. The lowest BCUT2D eigenvalue weighted by atomic mass is 10.2. The van der Waals surface area contributed by atoms with Gasteiger partial charge in [0.05, 0.1) is 13.2 Å². The van der Waals surface area contributed by atoms with Crippen molar-refractivity contribution in [1.29, 1.82) is 0 Å². The summed E-state index contributed by atoms with van der Waals surface area (Å²) < 4.78 is 10.7. The molecule has 0 aliphatic rings. The van der Waals surface area contributed by atoms with Crippen LogP contribution >= 0.6 is 0 Å². The molecule has 0 rings (SSSR count). The van der Waals surface area contributed by atoms with Crippen LogP contribution < -0.4 is 11.5 Å². The van der Waals surface area contributed by atoms with Gasteiger partial charge in [0, 0.05) is 19.0 Å². The van der Waals surface area contributed by atoms with Crippen LogP contribution in [0.2, 0.25) is 0 Å². The SMILES string of the molecule is CC(C)C(OCCN)OCCN. The van der Waals surface area contributed by atoms with Crippen LogP contribution in [-0.4, -0.2) is 32.6 Å². The summed E-state index contributed by atoms with van der Waals surface area (Å²) in [6.07, 6.45) is -0.169. The molecule has 4 heteroatoms. The maximum atomic E-state index is 5.35. The second-order valence-corrected chi connectivity index (χ2v) is 2.93. The Kier molecular flexibility index (Phi) is 7.39. The van der Waals surface area contributed by atoms with Crippen LogP contribution in [0.15, 0.2) is 0 Å². The standard InChI is InChI=1S/C8H20N2O2/c1-7(2)8(11-5-3-9)12-6-4-10/h7-8H,3-6,9-10H2,1-2H3. The monoisotopic (exact) mass is 176 g/mol. The highest BCUT2D eigenvalue weighted by atomic mass is 16.7. The average Bonchev–Trinajstić information content (AvgIpc) is 2.04. The molecule has 0 atom stereocenters. The van der Waals surface area contributed by atoms with Crippen LogP contribution in [0.3, 0.4) is 0 Å². The highest BCUT2D eigenvalue weighted by molar-refractivity contribution is 4.51. The van der Waals surface area contributed by atoms with E-state index < -0.39 is 0 Å². The third-order valence-electron chi connectivity index (χ3n) is 1.34. The topological polar surface area (TPSA) is 70.5 Å². The first-order chi connectivity index (χ1) is 5.72. The smallest absolute Gasteiger partial charge is 0.159 e. The van der Waals surface area contributed by atoms with Crippen molar-refractivity contribution in [2.24, 2.45) is 17.4 Å². The molecule has 74 valence electrons. The second kappa shape index (κ2) is 7.49. The van der Waals surface area contributed by atoms with Crippen LogP contribution in [0.5, 0.6) is 0 Å². The fourth-order valence-corrected chi connectivity index (χ4v) is 0.801. The summed E-state index contributed by atoms with van der Waals surface area (Å²) in [6.45, 7) is 6.20.